The molecule has 0 aliphatic rings. The van der Waals surface area contributed by atoms with Crippen LogP contribution in [0.4, 0.5) is 10.1 Å². The molecule has 0 radical (unpaired) electrons. The second kappa shape index (κ2) is 6.21. The Morgan fingerprint density at radius 3 is 2.76 bits per heavy atom. The molecule has 1 aromatic rings. The molecule has 1 atom stereocenters. The maximum atomic E-state index is 13.5. The second-order valence-electron chi connectivity index (χ2n) is 3.96. The quantitative estimate of drug-likeness (QED) is 0.853. The lowest BCUT2D eigenvalue weighted by Crippen LogP contribution is -2.29. The topological polar surface area (TPSA) is 47.3 Å². The minimum absolute atomic E-state index is 0.134. The number of anilines is 1. The molecule has 0 aromatic heterocycles. The van der Waals surface area contributed by atoms with Crippen molar-refractivity contribution in [3.63, 3.8) is 0 Å². The fraction of sp³-hybridized carbons (Fsp3) is 0.462. The van der Waals surface area contributed by atoms with E-state index in [-0.39, 0.29) is 12.5 Å². The average Bonchev–Trinajstić information content (AvgIpc) is 2.35. The summed E-state index contributed by atoms with van der Waals surface area (Å²) in [5.41, 5.74) is 0.955. The largest absolute Gasteiger partial charge is 0.391 e. The first kappa shape index (κ1) is 13.5. The predicted octanol–water partition coefficient (Wildman–Crippen LogP) is 2.30. The highest BCUT2D eigenvalue weighted by molar-refractivity contribution is 5.54. The Morgan fingerprint density at radius 2 is 2.24 bits per heavy atom. The molecule has 1 N–H and O–H groups in total. The van der Waals surface area contributed by atoms with E-state index in [1.54, 1.807) is 12.1 Å². The first-order chi connectivity index (χ1) is 8.13. The summed E-state index contributed by atoms with van der Waals surface area (Å²) < 4.78 is 13.5. The first-order valence-electron chi connectivity index (χ1n) is 5.66. The molecule has 17 heavy (non-hydrogen) atoms. The Kier molecular flexibility index (Phi) is 4.92. The molecule has 1 aromatic carbocycles. The average molecular weight is 236 g/mol. The molecule has 3 nitrogen and oxygen atoms in total. The van der Waals surface area contributed by atoms with E-state index in [2.05, 4.69) is 6.07 Å². The monoisotopic (exact) mass is 236 g/mol. The molecule has 0 fully saturated rings. The van der Waals surface area contributed by atoms with Crippen LogP contribution in [0.5, 0.6) is 0 Å². The summed E-state index contributed by atoms with van der Waals surface area (Å²) in [6.07, 6.45) is 0. The van der Waals surface area contributed by atoms with E-state index in [9.17, 15) is 9.50 Å². The number of aliphatic hydroxyl groups is 1. The lowest BCUT2D eigenvalue weighted by atomic mass is 10.1. The van der Waals surface area contributed by atoms with E-state index in [1.165, 1.54) is 6.07 Å². The number of rotatable bonds is 5. The Morgan fingerprint density at radius 1 is 1.53 bits per heavy atom. The number of hydrogen-bond acceptors (Lipinski definition) is 3. The summed E-state index contributed by atoms with van der Waals surface area (Å²) in [4.78, 5) is 1.91. The van der Waals surface area contributed by atoms with Crippen molar-refractivity contribution in [1.29, 1.82) is 5.26 Å². The van der Waals surface area contributed by atoms with Crippen LogP contribution in [0.15, 0.2) is 18.2 Å². The van der Waals surface area contributed by atoms with Gasteiger partial charge in [0, 0.05) is 24.3 Å². The van der Waals surface area contributed by atoms with E-state index >= 15 is 0 Å². The van der Waals surface area contributed by atoms with Gasteiger partial charge in [-0.15, -0.1) is 0 Å². The zero-order valence-corrected chi connectivity index (χ0v) is 10.2. The van der Waals surface area contributed by atoms with E-state index in [0.717, 1.165) is 0 Å². The minimum Gasteiger partial charge on any atom is -0.391 e. The number of benzene rings is 1. The second-order valence-corrected chi connectivity index (χ2v) is 3.96. The van der Waals surface area contributed by atoms with Gasteiger partial charge in [0.1, 0.15) is 5.82 Å². The van der Waals surface area contributed by atoms with Crippen molar-refractivity contribution < 1.29 is 9.50 Å². The summed E-state index contributed by atoms with van der Waals surface area (Å²) in [7, 11) is 0. The number of nitriles is 1. The minimum atomic E-state index is -0.409. The van der Waals surface area contributed by atoms with Crippen LogP contribution in [0.3, 0.4) is 0 Å². The molecule has 0 saturated heterocycles. The number of aliphatic hydroxyl groups excluding tert-OH is 1. The van der Waals surface area contributed by atoms with Crippen LogP contribution in [0.2, 0.25) is 0 Å². The zero-order valence-electron chi connectivity index (χ0n) is 10.2. The van der Waals surface area contributed by atoms with Gasteiger partial charge in [0.05, 0.1) is 18.6 Å². The predicted molar refractivity (Wildman–Crippen MR) is 65.0 cm³/mol. The van der Waals surface area contributed by atoms with Gasteiger partial charge in [-0.1, -0.05) is 6.07 Å². The van der Waals surface area contributed by atoms with Crippen LogP contribution >= 0.6 is 0 Å². The van der Waals surface area contributed by atoms with Gasteiger partial charge < -0.3 is 10.0 Å². The fourth-order valence-electron chi connectivity index (χ4n) is 1.77. The van der Waals surface area contributed by atoms with Gasteiger partial charge in [0.25, 0.3) is 0 Å². The fourth-order valence-corrected chi connectivity index (χ4v) is 1.77. The smallest absolute Gasteiger partial charge is 0.130 e. The SMILES string of the molecule is CCN(CC(C)C#N)c1cccc(F)c1CO. The van der Waals surface area contributed by atoms with Gasteiger partial charge in [0.15, 0.2) is 0 Å². The molecular weight excluding hydrogens is 219 g/mol. The molecule has 0 saturated carbocycles. The van der Waals surface area contributed by atoms with Crippen molar-refractivity contribution in [3.8, 4) is 6.07 Å². The first-order valence-corrected chi connectivity index (χ1v) is 5.66. The molecule has 0 bridgehead atoms. The van der Waals surface area contributed by atoms with Crippen LogP contribution < -0.4 is 4.90 Å². The lowest BCUT2D eigenvalue weighted by molar-refractivity contribution is 0.276. The van der Waals surface area contributed by atoms with E-state index in [1.807, 2.05) is 18.7 Å². The number of halogens is 1. The van der Waals surface area contributed by atoms with E-state index in [4.69, 9.17) is 5.26 Å². The van der Waals surface area contributed by atoms with Crippen molar-refractivity contribution in [2.75, 3.05) is 18.0 Å². The highest BCUT2D eigenvalue weighted by Crippen LogP contribution is 2.24. The Bertz CT molecular complexity index is 414. The van der Waals surface area contributed by atoms with Crippen molar-refractivity contribution in [2.24, 2.45) is 5.92 Å². The molecule has 92 valence electrons. The van der Waals surface area contributed by atoms with E-state index < -0.39 is 5.82 Å². The van der Waals surface area contributed by atoms with Gasteiger partial charge in [0.2, 0.25) is 0 Å². The molecule has 0 aliphatic carbocycles. The van der Waals surface area contributed by atoms with Gasteiger partial charge in [-0.2, -0.15) is 5.26 Å². The summed E-state index contributed by atoms with van der Waals surface area (Å²) in [6.45, 7) is 4.63. The van der Waals surface area contributed by atoms with Gasteiger partial charge in [-0.25, -0.2) is 4.39 Å². The van der Waals surface area contributed by atoms with Crippen LogP contribution in [0.1, 0.15) is 19.4 Å². The molecule has 0 amide bonds. The Balaban J connectivity index is 3.04. The van der Waals surface area contributed by atoms with Crippen LogP contribution in [-0.4, -0.2) is 18.2 Å². The van der Waals surface area contributed by atoms with E-state index in [0.29, 0.717) is 24.3 Å². The highest BCUT2D eigenvalue weighted by atomic mass is 19.1. The van der Waals surface area contributed by atoms with Gasteiger partial charge in [-0.3, -0.25) is 0 Å². The third kappa shape index (κ3) is 3.18. The number of nitrogens with zero attached hydrogens (tertiary/aromatic N) is 2. The zero-order chi connectivity index (χ0) is 12.8. The number of hydrogen-bond donors (Lipinski definition) is 1. The molecule has 0 spiro atoms. The highest BCUT2D eigenvalue weighted by Gasteiger charge is 2.14. The van der Waals surface area contributed by atoms with Crippen LogP contribution in [0, 0.1) is 23.1 Å². The molecule has 0 aliphatic heterocycles. The lowest BCUT2D eigenvalue weighted by Gasteiger charge is -2.26. The normalized spacial score (nSPS) is 11.9. The summed E-state index contributed by atoms with van der Waals surface area (Å²) in [5, 5.41) is 18.0. The van der Waals surface area contributed by atoms with Crippen LogP contribution in [0.25, 0.3) is 0 Å². The van der Waals surface area contributed by atoms with Crippen molar-refractivity contribution in [2.45, 2.75) is 20.5 Å². The maximum Gasteiger partial charge on any atom is 0.130 e. The molecule has 0 heterocycles. The third-order valence-corrected chi connectivity index (χ3v) is 2.69. The summed E-state index contributed by atoms with van der Waals surface area (Å²) in [6, 6.07) is 6.86. The van der Waals surface area contributed by atoms with Crippen LogP contribution in [-0.2, 0) is 6.61 Å². The summed E-state index contributed by atoms with van der Waals surface area (Å²) in [5.74, 6) is -0.544. The molecular formula is C13H17FN2O. The molecule has 1 unspecified atom stereocenters. The molecule has 1 rings (SSSR count). The van der Waals surface area contributed by atoms with Gasteiger partial charge in [-0.05, 0) is 26.0 Å². The maximum absolute atomic E-state index is 13.5. The van der Waals surface area contributed by atoms with Crippen molar-refractivity contribution in [3.05, 3.63) is 29.6 Å². The van der Waals surface area contributed by atoms with Crippen molar-refractivity contribution in [1.82, 2.24) is 0 Å². The third-order valence-electron chi connectivity index (χ3n) is 2.69. The standard InChI is InChI=1S/C13H17FN2O/c1-3-16(8-10(2)7-15)13-6-4-5-12(14)11(13)9-17/h4-6,10,17H,3,8-9H2,1-2H3. The molecule has 4 heteroatoms. The van der Waals surface area contributed by atoms with Gasteiger partial charge >= 0.3 is 0 Å². The Labute approximate surface area is 101 Å². The summed E-state index contributed by atoms with van der Waals surface area (Å²) >= 11 is 0. The van der Waals surface area contributed by atoms with Crippen molar-refractivity contribution >= 4 is 5.69 Å². The Hall–Kier alpha value is -1.60.